The predicted molar refractivity (Wildman–Crippen MR) is 92.2 cm³/mol. The number of hydrogen-bond acceptors (Lipinski definition) is 4. The zero-order valence-electron chi connectivity index (χ0n) is 13.2. The van der Waals surface area contributed by atoms with Crippen LogP contribution in [0.2, 0.25) is 5.02 Å². The monoisotopic (exact) mass is 345 g/mol. The second kappa shape index (κ2) is 6.13. The molecule has 3 rings (SSSR count). The summed E-state index contributed by atoms with van der Waals surface area (Å²) in [7, 11) is 0. The quantitative estimate of drug-likeness (QED) is 0.667. The molecule has 0 saturated carbocycles. The van der Waals surface area contributed by atoms with Crippen molar-refractivity contribution < 1.29 is 9.72 Å². The first-order valence-corrected chi connectivity index (χ1v) is 7.90. The molecule has 1 aliphatic rings. The van der Waals surface area contributed by atoms with E-state index >= 15 is 0 Å². The molecular formula is C17H16ClN3O3. The summed E-state index contributed by atoms with van der Waals surface area (Å²) in [6, 6.07) is 11.7. The van der Waals surface area contributed by atoms with Gasteiger partial charge >= 0.3 is 0 Å². The third-order valence-electron chi connectivity index (χ3n) is 4.00. The highest BCUT2D eigenvalue weighted by Crippen LogP contribution is 2.36. The van der Waals surface area contributed by atoms with Gasteiger partial charge in [0.1, 0.15) is 11.2 Å². The normalized spacial score (nSPS) is 16.8. The van der Waals surface area contributed by atoms with E-state index in [1.165, 1.54) is 12.1 Å². The maximum atomic E-state index is 12.9. The lowest BCUT2D eigenvalue weighted by Crippen LogP contribution is -2.46. The molecule has 124 valence electrons. The molecule has 0 spiro atoms. The highest BCUT2D eigenvalue weighted by atomic mass is 35.5. The van der Waals surface area contributed by atoms with Crippen LogP contribution in [-0.4, -0.2) is 21.8 Å². The summed E-state index contributed by atoms with van der Waals surface area (Å²) in [5.41, 5.74) is 1.74. The molecule has 1 aliphatic heterocycles. The van der Waals surface area contributed by atoms with Crippen LogP contribution in [0, 0.1) is 10.1 Å². The first-order valence-electron chi connectivity index (χ1n) is 7.52. The zero-order chi connectivity index (χ0) is 17.4. The number of halogens is 1. The van der Waals surface area contributed by atoms with Crippen molar-refractivity contribution in [1.82, 2.24) is 4.90 Å². The number of benzene rings is 2. The smallest absolute Gasteiger partial charge is 0.288 e. The molecule has 0 fully saturated rings. The van der Waals surface area contributed by atoms with E-state index in [0.29, 0.717) is 16.8 Å². The molecular weight excluding hydrogens is 330 g/mol. The Morgan fingerprint density at radius 1 is 1.25 bits per heavy atom. The summed E-state index contributed by atoms with van der Waals surface area (Å²) in [6.07, 6.45) is -0.497. The van der Waals surface area contributed by atoms with Gasteiger partial charge in [0.05, 0.1) is 10.5 Å². The lowest BCUT2D eigenvalue weighted by atomic mass is 10.0. The van der Waals surface area contributed by atoms with Crippen molar-refractivity contribution in [2.75, 3.05) is 5.32 Å². The number of hydrogen-bond donors (Lipinski definition) is 1. The number of nitro benzene ring substituents is 1. The molecule has 0 aliphatic carbocycles. The zero-order valence-corrected chi connectivity index (χ0v) is 13.9. The molecule has 1 unspecified atom stereocenters. The summed E-state index contributed by atoms with van der Waals surface area (Å²) in [4.78, 5) is 25.2. The summed E-state index contributed by atoms with van der Waals surface area (Å²) < 4.78 is 0. The number of fused-ring (bicyclic) bond motifs is 1. The summed E-state index contributed by atoms with van der Waals surface area (Å²) in [5.74, 6) is -0.109. The Morgan fingerprint density at radius 3 is 2.62 bits per heavy atom. The standard InChI is InChI=1S/C17H16ClN3O3/c1-10(2)20-16(11-7-8-13(18)15(9-11)21(23)24)19-14-6-4-3-5-12(14)17(20)22/h3-10,16,19H,1-2H3. The minimum absolute atomic E-state index is 0.0717. The van der Waals surface area contributed by atoms with Crippen molar-refractivity contribution in [1.29, 1.82) is 0 Å². The van der Waals surface area contributed by atoms with Crippen molar-refractivity contribution >= 4 is 28.9 Å². The third-order valence-corrected chi connectivity index (χ3v) is 4.32. The number of nitrogens with zero attached hydrogens (tertiary/aromatic N) is 2. The van der Waals surface area contributed by atoms with Gasteiger partial charge in [-0.3, -0.25) is 14.9 Å². The van der Waals surface area contributed by atoms with Crippen LogP contribution in [-0.2, 0) is 0 Å². The number of amides is 1. The van der Waals surface area contributed by atoms with Gasteiger partial charge in [-0.2, -0.15) is 0 Å². The fourth-order valence-electron chi connectivity index (χ4n) is 2.88. The molecule has 0 radical (unpaired) electrons. The van der Waals surface area contributed by atoms with Gasteiger partial charge in [-0.1, -0.05) is 29.8 Å². The highest BCUT2D eigenvalue weighted by Gasteiger charge is 2.35. The van der Waals surface area contributed by atoms with E-state index in [4.69, 9.17) is 11.6 Å². The molecule has 6 nitrogen and oxygen atoms in total. The largest absolute Gasteiger partial charge is 0.361 e. The van der Waals surface area contributed by atoms with Crippen molar-refractivity contribution in [2.45, 2.75) is 26.1 Å². The molecule has 1 amide bonds. The lowest BCUT2D eigenvalue weighted by molar-refractivity contribution is -0.384. The topological polar surface area (TPSA) is 75.5 Å². The molecule has 1 N–H and O–H groups in total. The highest BCUT2D eigenvalue weighted by molar-refractivity contribution is 6.32. The van der Waals surface area contributed by atoms with E-state index in [2.05, 4.69) is 5.32 Å². The number of nitro groups is 1. The molecule has 0 aromatic heterocycles. The third kappa shape index (κ3) is 2.69. The fourth-order valence-corrected chi connectivity index (χ4v) is 3.07. The van der Waals surface area contributed by atoms with Crippen LogP contribution in [0.4, 0.5) is 11.4 Å². The Bertz CT molecular complexity index is 822. The number of para-hydroxylation sites is 1. The summed E-state index contributed by atoms with van der Waals surface area (Å²) in [5, 5.41) is 14.5. The average molecular weight is 346 g/mol. The van der Waals surface area contributed by atoms with Gasteiger partial charge in [0.15, 0.2) is 0 Å². The maximum Gasteiger partial charge on any atom is 0.288 e. The van der Waals surface area contributed by atoms with E-state index in [1.54, 1.807) is 17.0 Å². The van der Waals surface area contributed by atoms with Gasteiger partial charge in [-0.25, -0.2) is 0 Å². The maximum absolute atomic E-state index is 12.9. The van der Waals surface area contributed by atoms with E-state index < -0.39 is 11.1 Å². The van der Waals surface area contributed by atoms with Gasteiger partial charge < -0.3 is 10.2 Å². The molecule has 0 saturated heterocycles. The molecule has 2 aromatic carbocycles. The molecule has 0 bridgehead atoms. The second-order valence-electron chi connectivity index (χ2n) is 5.87. The number of carbonyl (C=O) groups excluding carboxylic acids is 1. The Morgan fingerprint density at radius 2 is 1.96 bits per heavy atom. The minimum atomic E-state index is -0.524. The fraction of sp³-hybridized carbons (Fsp3) is 0.235. The first-order chi connectivity index (χ1) is 11.4. The van der Waals surface area contributed by atoms with E-state index in [1.807, 2.05) is 32.0 Å². The van der Waals surface area contributed by atoms with Crippen LogP contribution in [0.15, 0.2) is 42.5 Å². The summed E-state index contributed by atoms with van der Waals surface area (Å²) in [6.45, 7) is 3.82. The van der Waals surface area contributed by atoms with Crippen LogP contribution in [0.3, 0.4) is 0 Å². The molecule has 1 atom stereocenters. The van der Waals surface area contributed by atoms with Crippen molar-refractivity contribution in [2.24, 2.45) is 0 Å². The van der Waals surface area contributed by atoms with Crippen molar-refractivity contribution in [3.63, 3.8) is 0 Å². The number of carbonyl (C=O) groups is 1. The van der Waals surface area contributed by atoms with E-state index in [0.717, 1.165) is 0 Å². The van der Waals surface area contributed by atoms with Gasteiger partial charge in [0, 0.05) is 23.4 Å². The van der Waals surface area contributed by atoms with E-state index in [-0.39, 0.29) is 22.7 Å². The number of nitrogens with one attached hydrogen (secondary N) is 1. The Balaban J connectivity index is 2.11. The molecule has 1 heterocycles. The second-order valence-corrected chi connectivity index (χ2v) is 6.27. The first kappa shape index (κ1) is 16.3. The Labute approximate surface area is 144 Å². The Hall–Kier alpha value is -2.60. The van der Waals surface area contributed by atoms with Gasteiger partial charge in [-0.15, -0.1) is 0 Å². The molecule has 7 heteroatoms. The predicted octanol–water partition coefficient (Wildman–Crippen LogP) is 4.22. The SMILES string of the molecule is CC(C)N1C(=O)c2ccccc2NC1c1ccc(Cl)c([N+](=O)[O-])c1. The van der Waals surface area contributed by atoms with Crippen LogP contribution in [0.5, 0.6) is 0 Å². The van der Waals surface area contributed by atoms with Crippen molar-refractivity contribution in [3.05, 3.63) is 68.7 Å². The van der Waals surface area contributed by atoms with Crippen LogP contribution >= 0.6 is 11.6 Å². The molecule has 24 heavy (non-hydrogen) atoms. The van der Waals surface area contributed by atoms with Gasteiger partial charge in [0.25, 0.3) is 11.6 Å². The summed E-state index contributed by atoms with van der Waals surface area (Å²) >= 11 is 5.90. The van der Waals surface area contributed by atoms with Gasteiger partial charge in [-0.05, 0) is 32.0 Å². The Kier molecular flexibility index (Phi) is 4.15. The minimum Gasteiger partial charge on any atom is -0.361 e. The van der Waals surface area contributed by atoms with Crippen LogP contribution < -0.4 is 5.32 Å². The van der Waals surface area contributed by atoms with E-state index in [9.17, 15) is 14.9 Å². The molecule has 2 aromatic rings. The lowest BCUT2D eigenvalue weighted by Gasteiger charge is -2.40. The number of rotatable bonds is 3. The number of anilines is 1. The van der Waals surface area contributed by atoms with Crippen LogP contribution in [0.1, 0.15) is 35.9 Å². The van der Waals surface area contributed by atoms with Crippen molar-refractivity contribution in [3.8, 4) is 0 Å². The average Bonchev–Trinajstić information content (AvgIpc) is 2.54. The van der Waals surface area contributed by atoms with Gasteiger partial charge in [0.2, 0.25) is 0 Å². The van der Waals surface area contributed by atoms with Crippen LogP contribution in [0.25, 0.3) is 0 Å².